The quantitative estimate of drug-likeness (QED) is 0.346. The summed E-state index contributed by atoms with van der Waals surface area (Å²) < 4.78 is 77.1. The smallest absolute Gasteiger partial charge is 0.475 e. The number of sulfonamides is 1. The van der Waals surface area contributed by atoms with Crippen LogP contribution in [-0.2, 0) is 21.4 Å². The molecule has 1 unspecified atom stereocenters. The first-order valence-electron chi connectivity index (χ1n) is 11.0. The van der Waals surface area contributed by atoms with E-state index >= 15 is 0 Å². The molecule has 39 heavy (non-hydrogen) atoms. The molecule has 2 N–H and O–H groups in total. The minimum absolute atomic E-state index is 0.0410. The third-order valence-corrected chi connectivity index (χ3v) is 8.22. The van der Waals surface area contributed by atoms with Crippen molar-refractivity contribution in [3.05, 3.63) is 64.2 Å². The standard InChI is InChI=1S/C20H20Cl2FN5O2S2.C2HF3O2/c1-27(15-6-7-28(11-15)10-13-8-14(21)2-4-18(13)23)19-5-3-16(9-17(19)22)32(29,30)26-20-24-12-25-31-20;3-2(4,5)1(6)7/h2-5,8-9,12,15H,6-7,10-11H2,1H3,(H,24,25,26);(H,6,7). The van der Waals surface area contributed by atoms with Crippen molar-refractivity contribution in [1.29, 1.82) is 0 Å². The molecule has 3 aromatic rings. The molecule has 0 saturated carbocycles. The van der Waals surface area contributed by atoms with Gasteiger partial charge in [0.15, 0.2) is 0 Å². The number of alkyl halides is 3. The van der Waals surface area contributed by atoms with Crippen LogP contribution in [-0.4, -0.2) is 66.1 Å². The predicted molar refractivity (Wildman–Crippen MR) is 139 cm³/mol. The van der Waals surface area contributed by atoms with Crippen LogP contribution in [0, 0.1) is 5.82 Å². The van der Waals surface area contributed by atoms with Crippen LogP contribution in [0.1, 0.15) is 12.0 Å². The number of aliphatic carboxylic acids is 1. The number of hydrogen-bond acceptors (Lipinski definition) is 8. The summed E-state index contributed by atoms with van der Waals surface area (Å²) in [6.07, 6.45) is -2.94. The first kappa shape index (κ1) is 30.8. The fourth-order valence-corrected chi connectivity index (χ4v) is 5.97. The lowest BCUT2D eigenvalue weighted by atomic mass is 10.2. The molecule has 0 spiro atoms. The van der Waals surface area contributed by atoms with Gasteiger partial charge in [0.05, 0.1) is 15.6 Å². The van der Waals surface area contributed by atoms with Crippen LogP contribution >= 0.6 is 34.7 Å². The van der Waals surface area contributed by atoms with Crippen LogP contribution in [0.4, 0.5) is 28.4 Å². The topological polar surface area (TPSA) is 116 Å². The minimum atomic E-state index is -5.08. The number of hydrogen-bond donors (Lipinski definition) is 2. The van der Waals surface area contributed by atoms with Crippen LogP contribution in [0.5, 0.6) is 0 Å². The molecule has 2 aromatic carbocycles. The third kappa shape index (κ3) is 8.38. The van der Waals surface area contributed by atoms with Gasteiger partial charge < -0.3 is 10.0 Å². The van der Waals surface area contributed by atoms with E-state index in [1.165, 1.54) is 30.6 Å². The molecule has 212 valence electrons. The van der Waals surface area contributed by atoms with Gasteiger partial charge >= 0.3 is 12.1 Å². The maximum Gasteiger partial charge on any atom is 0.490 e. The first-order valence-corrected chi connectivity index (χ1v) is 14.0. The number of nitrogens with zero attached hydrogens (tertiary/aromatic N) is 4. The summed E-state index contributed by atoms with van der Waals surface area (Å²) in [5.74, 6) is -3.03. The highest BCUT2D eigenvalue weighted by molar-refractivity contribution is 7.93. The second-order valence-corrected chi connectivity index (χ2v) is 11.6. The van der Waals surface area contributed by atoms with Gasteiger partial charge in [-0.05, 0) is 42.8 Å². The van der Waals surface area contributed by atoms with E-state index in [-0.39, 0.29) is 21.9 Å². The number of nitrogens with one attached hydrogen (secondary N) is 1. The van der Waals surface area contributed by atoms with E-state index in [4.69, 9.17) is 33.1 Å². The Labute approximate surface area is 235 Å². The van der Waals surface area contributed by atoms with Crippen molar-refractivity contribution in [3.8, 4) is 0 Å². The average Bonchev–Trinajstić information content (AvgIpc) is 3.53. The Morgan fingerprint density at radius 3 is 2.54 bits per heavy atom. The van der Waals surface area contributed by atoms with Crippen LogP contribution in [0.15, 0.2) is 47.6 Å². The lowest BCUT2D eigenvalue weighted by Gasteiger charge is -2.28. The number of likely N-dealkylation sites (N-methyl/N-ethyl adjacent to an activating group) is 1. The van der Waals surface area contributed by atoms with E-state index in [9.17, 15) is 26.0 Å². The molecule has 2 heterocycles. The lowest BCUT2D eigenvalue weighted by Crippen LogP contribution is -2.34. The summed E-state index contributed by atoms with van der Waals surface area (Å²) >= 11 is 13.4. The Hall–Kier alpha value is -2.72. The molecule has 0 amide bonds. The Balaban J connectivity index is 0.000000532. The molecule has 0 aliphatic carbocycles. The number of carbonyl (C=O) groups is 1. The molecule has 1 saturated heterocycles. The summed E-state index contributed by atoms with van der Waals surface area (Å²) in [4.78, 5) is 17.0. The van der Waals surface area contributed by atoms with Gasteiger partial charge in [-0.15, -0.1) is 0 Å². The molecular weight excluding hydrogens is 609 g/mol. The third-order valence-electron chi connectivity index (χ3n) is 5.63. The Bertz CT molecular complexity index is 1410. The largest absolute Gasteiger partial charge is 0.490 e. The van der Waals surface area contributed by atoms with E-state index in [0.717, 1.165) is 36.7 Å². The second kappa shape index (κ2) is 12.6. The fraction of sp³-hybridized carbons (Fsp3) is 0.318. The van der Waals surface area contributed by atoms with Crippen molar-refractivity contribution < 1.29 is 35.9 Å². The average molecular weight is 630 g/mol. The summed E-state index contributed by atoms with van der Waals surface area (Å²) in [6.45, 7) is 1.99. The molecule has 1 aliphatic heterocycles. The van der Waals surface area contributed by atoms with Gasteiger partial charge in [0, 0.05) is 54.8 Å². The summed E-state index contributed by atoms with van der Waals surface area (Å²) in [5.41, 5.74) is 1.29. The monoisotopic (exact) mass is 629 g/mol. The van der Waals surface area contributed by atoms with Crippen LogP contribution in [0.3, 0.4) is 0 Å². The molecule has 9 nitrogen and oxygen atoms in total. The zero-order valence-electron chi connectivity index (χ0n) is 20.0. The van der Waals surface area contributed by atoms with Gasteiger partial charge in [0.25, 0.3) is 10.0 Å². The number of benzene rings is 2. The zero-order chi connectivity index (χ0) is 29.0. The number of likely N-dealkylation sites (tertiary alicyclic amines) is 1. The van der Waals surface area contributed by atoms with Crippen molar-refractivity contribution in [2.24, 2.45) is 0 Å². The molecule has 0 radical (unpaired) electrons. The molecule has 1 aromatic heterocycles. The highest BCUT2D eigenvalue weighted by Crippen LogP contribution is 2.32. The van der Waals surface area contributed by atoms with Crippen LogP contribution in [0.25, 0.3) is 0 Å². The van der Waals surface area contributed by atoms with Crippen molar-refractivity contribution in [1.82, 2.24) is 14.3 Å². The van der Waals surface area contributed by atoms with Gasteiger partial charge in [-0.2, -0.15) is 17.5 Å². The zero-order valence-corrected chi connectivity index (χ0v) is 23.1. The number of carboxylic acid groups (broad SMARTS) is 1. The number of aromatic nitrogens is 2. The lowest BCUT2D eigenvalue weighted by molar-refractivity contribution is -0.192. The molecule has 4 rings (SSSR count). The van der Waals surface area contributed by atoms with Crippen LogP contribution in [0.2, 0.25) is 10.0 Å². The summed E-state index contributed by atoms with van der Waals surface area (Å²) in [6, 6.07) is 9.34. The molecule has 1 atom stereocenters. The Morgan fingerprint density at radius 2 is 1.95 bits per heavy atom. The fourth-order valence-electron chi connectivity index (χ4n) is 3.71. The van der Waals surface area contributed by atoms with Crippen molar-refractivity contribution in [3.63, 3.8) is 0 Å². The van der Waals surface area contributed by atoms with Crippen molar-refractivity contribution in [2.75, 3.05) is 29.8 Å². The maximum absolute atomic E-state index is 14.1. The van der Waals surface area contributed by atoms with Crippen molar-refractivity contribution in [2.45, 2.75) is 30.1 Å². The second-order valence-electron chi connectivity index (χ2n) is 8.29. The number of halogens is 6. The number of anilines is 2. The minimum Gasteiger partial charge on any atom is -0.475 e. The summed E-state index contributed by atoms with van der Waals surface area (Å²) in [5, 5.41) is 8.15. The predicted octanol–water partition coefficient (Wildman–Crippen LogP) is 5.13. The molecule has 1 aliphatic rings. The summed E-state index contributed by atoms with van der Waals surface area (Å²) in [7, 11) is -1.90. The molecule has 0 bridgehead atoms. The van der Waals surface area contributed by atoms with E-state index in [1.807, 2.05) is 11.9 Å². The Kier molecular flexibility index (Phi) is 9.98. The SMILES string of the molecule is CN(c1ccc(S(=O)(=O)Nc2ncns2)cc1Cl)C1CCN(Cc2cc(Cl)ccc2F)C1.O=C(O)C(F)(F)F. The molecular formula is C22H21Cl2F4N5O4S2. The van der Waals surface area contributed by atoms with Gasteiger partial charge in [-0.1, -0.05) is 23.2 Å². The first-order chi connectivity index (χ1) is 18.2. The van der Waals surface area contributed by atoms with Gasteiger partial charge in [-0.25, -0.2) is 22.6 Å². The maximum atomic E-state index is 14.1. The van der Waals surface area contributed by atoms with E-state index in [2.05, 4.69) is 19.0 Å². The van der Waals surface area contributed by atoms with Gasteiger partial charge in [0.2, 0.25) is 5.13 Å². The highest BCUT2D eigenvalue weighted by atomic mass is 35.5. The number of carboxylic acids is 1. The van der Waals surface area contributed by atoms with E-state index < -0.39 is 22.2 Å². The van der Waals surface area contributed by atoms with Gasteiger partial charge in [0.1, 0.15) is 12.1 Å². The van der Waals surface area contributed by atoms with E-state index in [0.29, 0.717) is 22.2 Å². The van der Waals surface area contributed by atoms with E-state index in [1.54, 1.807) is 12.1 Å². The molecule has 1 fully saturated rings. The van der Waals surface area contributed by atoms with Crippen LogP contribution < -0.4 is 9.62 Å². The normalized spacial score (nSPS) is 15.9. The molecule has 17 heteroatoms. The van der Waals surface area contributed by atoms with Crippen molar-refractivity contribution >= 4 is 61.5 Å². The highest BCUT2D eigenvalue weighted by Gasteiger charge is 2.38. The Morgan fingerprint density at radius 1 is 1.26 bits per heavy atom. The number of rotatable bonds is 7. The van der Waals surface area contributed by atoms with Gasteiger partial charge in [-0.3, -0.25) is 9.62 Å².